The summed E-state index contributed by atoms with van der Waals surface area (Å²) in [5, 5.41) is 8.71. The van der Waals surface area contributed by atoms with Crippen molar-refractivity contribution in [3.63, 3.8) is 0 Å². The molecule has 1 aliphatic rings. The molecule has 15 heavy (non-hydrogen) atoms. The second kappa shape index (κ2) is 6.08. The van der Waals surface area contributed by atoms with E-state index in [2.05, 4.69) is 11.8 Å². The van der Waals surface area contributed by atoms with Crippen molar-refractivity contribution in [2.24, 2.45) is 11.7 Å². The Morgan fingerprint density at radius 3 is 2.80 bits per heavy atom. The number of rotatable bonds is 5. The van der Waals surface area contributed by atoms with Crippen LogP contribution >= 0.6 is 0 Å². The molecule has 1 heterocycles. The maximum atomic E-state index is 11.1. The summed E-state index contributed by atoms with van der Waals surface area (Å²) in [5.74, 6) is -0.149. The molecule has 4 nitrogen and oxygen atoms in total. The second-order valence-electron chi connectivity index (χ2n) is 4.45. The zero-order valence-electron chi connectivity index (χ0n) is 9.48. The molecule has 1 aliphatic heterocycles. The van der Waals surface area contributed by atoms with Crippen LogP contribution in [-0.2, 0) is 4.79 Å². The van der Waals surface area contributed by atoms with Gasteiger partial charge >= 0.3 is 0 Å². The zero-order chi connectivity index (χ0) is 11.3. The van der Waals surface area contributed by atoms with Crippen molar-refractivity contribution in [1.29, 1.82) is 0 Å². The molecule has 1 saturated heterocycles. The molecule has 0 aromatic rings. The minimum atomic E-state index is -0.172. The van der Waals surface area contributed by atoms with Gasteiger partial charge in [-0.05, 0) is 39.2 Å². The number of amides is 1. The summed E-state index contributed by atoms with van der Waals surface area (Å²) in [6, 6.07) is 0.541. The van der Waals surface area contributed by atoms with Crippen LogP contribution in [0.1, 0.15) is 32.6 Å². The average molecular weight is 214 g/mol. The van der Waals surface area contributed by atoms with E-state index in [1.54, 1.807) is 0 Å². The van der Waals surface area contributed by atoms with Crippen molar-refractivity contribution in [3.8, 4) is 0 Å². The van der Waals surface area contributed by atoms with E-state index < -0.39 is 0 Å². The molecule has 1 amide bonds. The molecule has 0 aliphatic carbocycles. The van der Waals surface area contributed by atoms with Crippen LogP contribution in [0.25, 0.3) is 0 Å². The van der Waals surface area contributed by atoms with Gasteiger partial charge in [-0.1, -0.05) is 0 Å². The Hall–Kier alpha value is -0.610. The van der Waals surface area contributed by atoms with Crippen LogP contribution in [0, 0.1) is 5.92 Å². The van der Waals surface area contributed by atoms with E-state index in [9.17, 15) is 4.79 Å². The summed E-state index contributed by atoms with van der Waals surface area (Å²) in [7, 11) is 0. The van der Waals surface area contributed by atoms with Crippen LogP contribution in [-0.4, -0.2) is 41.7 Å². The first-order chi connectivity index (χ1) is 7.15. The Labute approximate surface area is 91.4 Å². The van der Waals surface area contributed by atoms with Gasteiger partial charge in [0, 0.05) is 19.2 Å². The standard InChI is InChI=1S/C11H22N2O2/c1-9-4-5-10(11(12)15)8-13(9)6-2-3-7-14/h9-10,14H,2-8H2,1H3,(H2,12,15). The van der Waals surface area contributed by atoms with Crippen molar-refractivity contribution >= 4 is 5.91 Å². The molecule has 1 fully saturated rings. The summed E-state index contributed by atoms with van der Waals surface area (Å²) in [4.78, 5) is 13.4. The van der Waals surface area contributed by atoms with Gasteiger partial charge in [0.15, 0.2) is 0 Å². The molecule has 4 heteroatoms. The molecule has 0 bridgehead atoms. The SMILES string of the molecule is CC1CCC(C(N)=O)CN1CCCCO. The maximum Gasteiger partial charge on any atom is 0.221 e. The first-order valence-corrected chi connectivity index (χ1v) is 5.79. The van der Waals surface area contributed by atoms with E-state index in [-0.39, 0.29) is 18.4 Å². The van der Waals surface area contributed by atoms with Crippen LogP contribution in [0.2, 0.25) is 0 Å². The van der Waals surface area contributed by atoms with Gasteiger partial charge in [0.25, 0.3) is 0 Å². The minimum Gasteiger partial charge on any atom is -0.396 e. The molecule has 0 saturated carbocycles. The predicted molar refractivity (Wildman–Crippen MR) is 59.3 cm³/mol. The first kappa shape index (κ1) is 12.5. The lowest BCUT2D eigenvalue weighted by molar-refractivity contribution is -0.123. The number of nitrogens with two attached hydrogens (primary N) is 1. The van der Waals surface area contributed by atoms with E-state index in [0.29, 0.717) is 6.04 Å². The molecular formula is C11H22N2O2. The van der Waals surface area contributed by atoms with Crippen molar-refractivity contribution in [2.75, 3.05) is 19.7 Å². The lowest BCUT2D eigenvalue weighted by Crippen LogP contribution is -2.46. The van der Waals surface area contributed by atoms with Crippen molar-refractivity contribution in [2.45, 2.75) is 38.6 Å². The lowest BCUT2D eigenvalue weighted by atomic mass is 9.93. The molecule has 2 atom stereocenters. The van der Waals surface area contributed by atoms with Crippen LogP contribution in [0.15, 0.2) is 0 Å². The molecule has 2 unspecified atom stereocenters. The topological polar surface area (TPSA) is 66.6 Å². The quantitative estimate of drug-likeness (QED) is 0.649. The highest BCUT2D eigenvalue weighted by Crippen LogP contribution is 2.21. The number of aliphatic hydroxyl groups is 1. The maximum absolute atomic E-state index is 11.1. The van der Waals surface area contributed by atoms with Crippen molar-refractivity contribution in [3.05, 3.63) is 0 Å². The Morgan fingerprint density at radius 1 is 1.47 bits per heavy atom. The predicted octanol–water partition coefficient (Wildman–Crippen LogP) is 0.345. The molecule has 0 radical (unpaired) electrons. The molecule has 0 aromatic carbocycles. The fourth-order valence-corrected chi connectivity index (χ4v) is 2.15. The first-order valence-electron chi connectivity index (χ1n) is 5.79. The molecular weight excluding hydrogens is 192 g/mol. The smallest absolute Gasteiger partial charge is 0.221 e. The van der Waals surface area contributed by atoms with Gasteiger partial charge in [-0.2, -0.15) is 0 Å². The van der Waals surface area contributed by atoms with Gasteiger partial charge in [0.2, 0.25) is 5.91 Å². The number of likely N-dealkylation sites (tertiary alicyclic amines) is 1. The highest BCUT2D eigenvalue weighted by molar-refractivity contribution is 5.76. The summed E-state index contributed by atoms with van der Waals surface area (Å²) >= 11 is 0. The van der Waals surface area contributed by atoms with E-state index >= 15 is 0 Å². The average Bonchev–Trinajstić information content (AvgIpc) is 2.20. The number of nitrogens with zero attached hydrogens (tertiary/aromatic N) is 1. The Morgan fingerprint density at radius 2 is 2.20 bits per heavy atom. The summed E-state index contributed by atoms with van der Waals surface area (Å²) < 4.78 is 0. The third-order valence-electron chi connectivity index (χ3n) is 3.27. The molecule has 3 N–H and O–H groups in total. The van der Waals surface area contributed by atoms with Gasteiger partial charge in [0.05, 0.1) is 5.92 Å². The molecule has 0 spiro atoms. The van der Waals surface area contributed by atoms with Gasteiger partial charge < -0.3 is 10.8 Å². The highest BCUT2D eigenvalue weighted by Gasteiger charge is 2.27. The monoisotopic (exact) mass is 214 g/mol. The number of unbranched alkanes of at least 4 members (excludes halogenated alkanes) is 1. The number of carbonyl (C=O) groups is 1. The minimum absolute atomic E-state index is 0.0235. The van der Waals surface area contributed by atoms with Gasteiger partial charge in [-0.15, -0.1) is 0 Å². The number of aliphatic hydroxyl groups excluding tert-OH is 1. The molecule has 1 rings (SSSR count). The fourth-order valence-electron chi connectivity index (χ4n) is 2.15. The highest BCUT2D eigenvalue weighted by atomic mass is 16.2. The molecule has 88 valence electrons. The van der Waals surface area contributed by atoms with Gasteiger partial charge in [-0.3, -0.25) is 9.69 Å². The van der Waals surface area contributed by atoms with E-state index in [0.717, 1.165) is 38.8 Å². The van der Waals surface area contributed by atoms with E-state index in [4.69, 9.17) is 10.8 Å². The van der Waals surface area contributed by atoms with Crippen molar-refractivity contribution in [1.82, 2.24) is 4.90 Å². The van der Waals surface area contributed by atoms with E-state index in [1.165, 1.54) is 0 Å². The van der Waals surface area contributed by atoms with E-state index in [1.807, 2.05) is 0 Å². The Bertz CT molecular complexity index is 209. The van der Waals surface area contributed by atoms with Gasteiger partial charge in [-0.25, -0.2) is 0 Å². The molecule has 0 aromatic heterocycles. The second-order valence-corrected chi connectivity index (χ2v) is 4.45. The zero-order valence-corrected chi connectivity index (χ0v) is 9.48. The van der Waals surface area contributed by atoms with Gasteiger partial charge in [0.1, 0.15) is 0 Å². The van der Waals surface area contributed by atoms with Crippen LogP contribution in [0.5, 0.6) is 0 Å². The fraction of sp³-hybridized carbons (Fsp3) is 0.909. The lowest BCUT2D eigenvalue weighted by Gasteiger charge is -2.36. The van der Waals surface area contributed by atoms with Crippen LogP contribution in [0.4, 0.5) is 0 Å². The van der Waals surface area contributed by atoms with Crippen molar-refractivity contribution < 1.29 is 9.90 Å². The summed E-state index contributed by atoms with van der Waals surface area (Å²) in [6.45, 7) is 4.20. The Balaban J connectivity index is 2.36. The van der Waals surface area contributed by atoms with Crippen LogP contribution < -0.4 is 5.73 Å². The third kappa shape index (κ3) is 3.80. The Kier molecular flexibility index (Phi) is 5.05. The number of primary amides is 1. The number of piperidine rings is 1. The summed E-state index contributed by atoms with van der Waals surface area (Å²) in [5.41, 5.74) is 5.32. The third-order valence-corrected chi connectivity index (χ3v) is 3.27. The number of carbonyl (C=O) groups excluding carboxylic acids is 1. The normalized spacial score (nSPS) is 27.9. The number of hydrogen-bond acceptors (Lipinski definition) is 3. The summed E-state index contributed by atoms with van der Waals surface area (Å²) in [6.07, 6.45) is 3.80. The number of hydrogen-bond donors (Lipinski definition) is 2. The largest absolute Gasteiger partial charge is 0.396 e. The van der Waals surface area contributed by atoms with Crippen LogP contribution in [0.3, 0.4) is 0 Å².